The molecular formula is C15H21FO. The van der Waals surface area contributed by atoms with Crippen molar-refractivity contribution in [1.82, 2.24) is 0 Å². The lowest BCUT2D eigenvalue weighted by Crippen LogP contribution is -2.26. The summed E-state index contributed by atoms with van der Waals surface area (Å²) in [5, 5.41) is 10.7. The van der Waals surface area contributed by atoms with Crippen LogP contribution in [0.15, 0.2) is 12.1 Å². The molecule has 2 heteroatoms. The second-order valence-electron chi connectivity index (χ2n) is 6.31. The monoisotopic (exact) mass is 236 g/mol. The fourth-order valence-electron chi connectivity index (χ4n) is 3.23. The summed E-state index contributed by atoms with van der Waals surface area (Å²) in [6.45, 7) is 8.02. The van der Waals surface area contributed by atoms with E-state index in [4.69, 9.17) is 0 Å². The Bertz CT molecular complexity index is 427. The Morgan fingerprint density at radius 3 is 2.29 bits per heavy atom. The van der Waals surface area contributed by atoms with Gasteiger partial charge in [-0.1, -0.05) is 19.9 Å². The van der Waals surface area contributed by atoms with E-state index in [2.05, 4.69) is 13.8 Å². The highest BCUT2D eigenvalue weighted by Gasteiger charge is 2.44. The van der Waals surface area contributed by atoms with Crippen LogP contribution in [0, 0.1) is 25.1 Å². The van der Waals surface area contributed by atoms with Gasteiger partial charge in [-0.2, -0.15) is 0 Å². The molecule has 0 aromatic heterocycles. The Labute approximate surface area is 103 Å². The van der Waals surface area contributed by atoms with Gasteiger partial charge in [0.2, 0.25) is 0 Å². The minimum absolute atomic E-state index is 0.0958. The zero-order valence-electron chi connectivity index (χ0n) is 11.1. The Morgan fingerprint density at radius 1 is 1.18 bits per heavy atom. The maximum Gasteiger partial charge on any atom is 0.129 e. The van der Waals surface area contributed by atoms with Gasteiger partial charge in [-0.3, -0.25) is 0 Å². The SMILES string of the molecule is Cc1cc(C)c(C2(O)CCC(C)(C)C2)c(F)c1. The van der Waals surface area contributed by atoms with Crippen molar-refractivity contribution in [2.24, 2.45) is 5.41 Å². The summed E-state index contributed by atoms with van der Waals surface area (Å²) >= 11 is 0. The van der Waals surface area contributed by atoms with Crippen molar-refractivity contribution >= 4 is 0 Å². The predicted octanol–water partition coefficient (Wildman–Crippen LogP) is 3.84. The molecular weight excluding hydrogens is 215 g/mol. The Hall–Kier alpha value is -0.890. The highest BCUT2D eigenvalue weighted by atomic mass is 19.1. The summed E-state index contributed by atoms with van der Waals surface area (Å²) < 4.78 is 14.1. The molecule has 0 saturated heterocycles. The van der Waals surface area contributed by atoms with Crippen molar-refractivity contribution in [3.8, 4) is 0 Å². The van der Waals surface area contributed by atoms with E-state index >= 15 is 0 Å². The zero-order chi connectivity index (χ0) is 12.8. The zero-order valence-corrected chi connectivity index (χ0v) is 11.1. The molecule has 2 rings (SSSR count). The van der Waals surface area contributed by atoms with Gasteiger partial charge in [0.1, 0.15) is 5.82 Å². The average molecular weight is 236 g/mol. The van der Waals surface area contributed by atoms with E-state index in [0.717, 1.165) is 17.5 Å². The summed E-state index contributed by atoms with van der Waals surface area (Å²) in [6.07, 6.45) is 2.23. The van der Waals surface area contributed by atoms with Crippen molar-refractivity contribution in [1.29, 1.82) is 0 Å². The first-order chi connectivity index (χ1) is 7.73. The van der Waals surface area contributed by atoms with Gasteiger partial charge in [0.15, 0.2) is 0 Å². The third-order valence-corrected chi connectivity index (χ3v) is 3.88. The highest BCUT2D eigenvalue weighted by Crippen LogP contribution is 2.50. The van der Waals surface area contributed by atoms with E-state index in [0.29, 0.717) is 18.4 Å². The van der Waals surface area contributed by atoms with Gasteiger partial charge in [-0.05, 0) is 55.7 Å². The molecule has 1 atom stereocenters. The van der Waals surface area contributed by atoms with Gasteiger partial charge in [0, 0.05) is 5.56 Å². The van der Waals surface area contributed by atoms with Crippen molar-refractivity contribution in [3.05, 3.63) is 34.6 Å². The number of hydrogen-bond donors (Lipinski definition) is 1. The molecule has 1 aliphatic carbocycles. The third kappa shape index (κ3) is 2.23. The van der Waals surface area contributed by atoms with Crippen molar-refractivity contribution < 1.29 is 9.50 Å². The molecule has 1 unspecified atom stereocenters. The van der Waals surface area contributed by atoms with Gasteiger partial charge >= 0.3 is 0 Å². The van der Waals surface area contributed by atoms with Gasteiger partial charge in [0.05, 0.1) is 5.60 Å². The van der Waals surface area contributed by atoms with E-state index in [1.165, 1.54) is 6.07 Å². The van der Waals surface area contributed by atoms with E-state index < -0.39 is 5.60 Å². The first kappa shape index (κ1) is 12.6. The fourth-order valence-corrected chi connectivity index (χ4v) is 3.23. The molecule has 0 aliphatic heterocycles. The van der Waals surface area contributed by atoms with E-state index in [1.54, 1.807) is 0 Å². The minimum Gasteiger partial charge on any atom is -0.385 e. The molecule has 0 amide bonds. The van der Waals surface area contributed by atoms with Crippen LogP contribution >= 0.6 is 0 Å². The van der Waals surface area contributed by atoms with Crippen LogP contribution in [-0.2, 0) is 5.60 Å². The van der Waals surface area contributed by atoms with E-state index in [1.807, 2.05) is 19.9 Å². The first-order valence-electron chi connectivity index (χ1n) is 6.23. The van der Waals surface area contributed by atoms with Gasteiger partial charge < -0.3 is 5.11 Å². The Kier molecular flexibility index (Phi) is 2.81. The topological polar surface area (TPSA) is 20.2 Å². The Morgan fingerprint density at radius 2 is 1.82 bits per heavy atom. The number of aryl methyl sites for hydroxylation is 2. The number of rotatable bonds is 1. The maximum atomic E-state index is 14.1. The summed E-state index contributed by atoms with van der Waals surface area (Å²) in [6, 6.07) is 3.47. The molecule has 0 radical (unpaired) electrons. The van der Waals surface area contributed by atoms with Crippen LogP contribution in [0.2, 0.25) is 0 Å². The highest BCUT2D eigenvalue weighted by molar-refractivity contribution is 5.37. The molecule has 17 heavy (non-hydrogen) atoms. The molecule has 0 spiro atoms. The van der Waals surface area contributed by atoms with Crippen LogP contribution in [0.1, 0.15) is 49.8 Å². The number of benzene rings is 1. The molecule has 0 heterocycles. The van der Waals surface area contributed by atoms with Crippen molar-refractivity contribution in [3.63, 3.8) is 0 Å². The molecule has 1 fully saturated rings. The minimum atomic E-state index is -0.981. The van der Waals surface area contributed by atoms with Crippen LogP contribution < -0.4 is 0 Å². The van der Waals surface area contributed by atoms with E-state index in [9.17, 15) is 9.50 Å². The average Bonchev–Trinajstić information content (AvgIpc) is 2.38. The smallest absolute Gasteiger partial charge is 0.129 e. The quantitative estimate of drug-likeness (QED) is 0.785. The number of halogens is 1. The van der Waals surface area contributed by atoms with Gasteiger partial charge in [0.25, 0.3) is 0 Å². The summed E-state index contributed by atoms with van der Waals surface area (Å²) in [4.78, 5) is 0. The predicted molar refractivity (Wildman–Crippen MR) is 67.4 cm³/mol. The van der Waals surface area contributed by atoms with Crippen LogP contribution in [-0.4, -0.2) is 5.11 Å². The molecule has 0 bridgehead atoms. The molecule has 1 aromatic carbocycles. The fraction of sp³-hybridized carbons (Fsp3) is 0.600. The second-order valence-corrected chi connectivity index (χ2v) is 6.31. The van der Waals surface area contributed by atoms with Crippen molar-refractivity contribution in [2.45, 2.75) is 52.6 Å². The largest absolute Gasteiger partial charge is 0.385 e. The lowest BCUT2D eigenvalue weighted by molar-refractivity contribution is 0.0297. The molecule has 94 valence electrons. The van der Waals surface area contributed by atoms with Crippen molar-refractivity contribution in [2.75, 3.05) is 0 Å². The van der Waals surface area contributed by atoms with Crippen LogP contribution in [0.4, 0.5) is 4.39 Å². The molecule has 1 N–H and O–H groups in total. The van der Waals surface area contributed by atoms with Crippen LogP contribution in [0.5, 0.6) is 0 Å². The van der Waals surface area contributed by atoms with Crippen LogP contribution in [0.3, 0.4) is 0 Å². The van der Waals surface area contributed by atoms with Gasteiger partial charge in [-0.15, -0.1) is 0 Å². The summed E-state index contributed by atoms with van der Waals surface area (Å²) in [5.74, 6) is -0.261. The van der Waals surface area contributed by atoms with Gasteiger partial charge in [-0.25, -0.2) is 4.39 Å². The molecule has 1 aliphatic rings. The molecule has 1 nitrogen and oxygen atoms in total. The van der Waals surface area contributed by atoms with E-state index in [-0.39, 0.29) is 11.2 Å². The first-order valence-corrected chi connectivity index (χ1v) is 6.23. The maximum absolute atomic E-state index is 14.1. The number of aliphatic hydroxyl groups is 1. The standard InChI is InChI=1S/C15H21FO/c1-10-7-11(2)13(12(16)8-10)15(17)6-5-14(3,4)9-15/h7-8,17H,5-6,9H2,1-4H3. The summed E-state index contributed by atoms with van der Waals surface area (Å²) in [7, 11) is 0. The normalized spacial score (nSPS) is 27.4. The lowest BCUT2D eigenvalue weighted by Gasteiger charge is -2.28. The Balaban J connectivity index is 2.48. The molecule has 1 aromatic rings. The summed E-state index contributed by atoms with van der Waals surface area (Å²) in [5.41, 5.74) is 1.39. The second kappa shape index (κ2) is 3.81. The lowest BCUT2D eigenvalue weighted by atomic mass is 9.83. The van der Waals surface area contributed by atoms with Crippen LogP contribution in [0.25, 0.3) is 0 Å². The number of hydrogen-bond acceptors (Lipinski definition) is 1. The molecule has 1 saturated carbocycles. The third-order valence-electron chi connectivity index (χ3n) is 3.88.